The summed E-state index contributed by atoms with van der Waals surface area (Å²) in [5, 5.41) is 1.45. The molecule has 1 unspecified atom stereocenters. The molecule has 1 aromatic carbocycles. The van der Waals surface area contributed by atoms with Crippen molar-refractivity contribution in [2.45, 2.75) is 19.4 Å². The Morgan fingerprint density at radius 3 is 2.81 bits per heavy atom. The smallest absolute Gasteiger partial charge is 0.0439 e. The van der Waals surface area contributed by atoms with Gasteiger partial charge in [-0.2, -0.15) is 11.8 Å². The molecule has 0 bridgehead atoms. The van der Waals surface area contributed by atoms with Crippen LogP contribution in [0, 0.1) is 0 Å². The SMILES string of the molecule is CCSCC(Cc1cc(Cl)ccc1Cl)NN. The lowest BCUT2D eigenvalue weighted by atomic mass is 10.1. The molecule has 0 aliphatic carbocycles. The number of nitrogens with one attached hydrogen (secondary N) is 1. The van der Waals surface area contributed by atoms with Crippen molar-refractivity contribution >= 4 is 35.0 Å². The highest BCUT2D eigenvalue weighted by molar-refractivity contribution is 7.99. The van der Waals surface area contributed by atoms with Crippen LogP contribution in [0.3, 0.4) is 0 Å². The summed E-state index contributed by atoms with van der Waals surface area (Å²) in [6, 6.07) is 5.73. The minimum Gasteiger partial charge on any atom is -0.271 e. The van der Waals surface area contributed by atoms with Crippen LogP contribution in [0.25, 0.3) is 0 Å². The van der Waals surface area contributed by atoms with Crippen LogP contribution in [0.2, 0.25) is 10.0 Å². The first-order valence-corrected chi connectivity index (χ1v) is 7.06. The lowest BCUT2D eigenvalue weighted by Gasteiger charge is -2.16. The van der Waals surface area contributed by atoms with Crippen LogP contribution in [-0.4, -0.2) is 17.5 Å². The van der Waals surface area contributed by atoms with Gasteiger partial charge in [-0.1, -0.05) is 30.1 Å². The van der Waals surface area contributed by atoms with Crippen molar-refractivity contribution in [3.05, 3.63) is 33.8 Å². The van der Waals surface area contributed by atoms with E-state index in [1.165, 1.54) is 0 Å². The Kier molecular flexibility index (Phi) is 6.54. The number of rotatable bonds is 6. The zero-order valence-electron chi connectivity index (χ0n) is 9.17. The highest BCUT2D eigenvalue weighted by atomic mass is 35.5. The van der Waals surface area contributed by atoms with Gasteiger partial charge in [-0.25, -0.2) is 0 Å². The molecule has 1 aromatic rings. The number of hydrogen-bond donors (Lipinski definition) is 2. The number of thioether (sulfide) groups is 1. The van der Waals surface area contributed by atoms with Crippen molar-refractivity contribution in [2.24, 2.45) is 5.84 Å². The molecule has 0 saturated carbocycles. The number of nitrogens with two attached hydrogens (primary N) is 1. The largest absolute Gasteiger partial charge is 0.271 e. The fraction of sp³-hybridized carbons (Fsp3) is 0.455. The molecule has 1 rings (SSSR count). The van der Waals surface area contributed by atoms with E-state index >= 15 is 0 Å². The number of hydrazine groups is 1. The molecule has 0 heterocycles. The molecule has 0 amide bonds. The van der Waals surface area contributed by atoms with Gasteiger partial charge in [0, 0.05) is 21.8 Å². The van der Waals surface area contributed by atoms with Gasteiger partial charge in [-0.3, -0.25) is 11.3 Å². The Bertz CT molecular complexity index is 334. The standard InChI is InChI=1S/C11H16Cl2N2S/c1-2-16-7-10(15-14)6-8-5-9(12)3-4-11(8)13/h3-5,10,15H,2,6-7,14H2,1H3. The highest BCUT2D eigenvalue weighted by Crippen LogP contribution is 2.22. The first-order valence-electron chi connectivity index (χ1n) is 5.15. The second kappa shape index (κ2) is 7.41. The molecular formula is C11H16Cl2N2S. The molecule has 0 fully saturated rings. The van der Waals surface area contributed by atoms with E-state index in [-0.39, 0.29) is 6.04 Å². The third kappa shape index (κ3) is 4.52. The number of halogens is 2. The molecule has 5 heteroatoms. The third-order valence-corrected chi connectivity index (χ3v) is 3.88. The molecule has 16 heavy (non-hydrogen) atoms. The summed E-state index contributed by atoms with van der Waals surface area (Å²) in [6.07, 6.45) is 0.795. The minimum absolute atomic E-state index is 0.223. The van der Waals surface area contributed by atoms with E-state index in [9.17, 15) is 0 Å². The van der Waals surface area contributed by atoms with Gasteiger partial charge in [0.15, 0.2) is 0 Å². The van der Waals surface area contributed by atoms with Crippen molar-refractivity contribution < 1.29 is 0 Å². The summed E-state index contributed by atoms with van der Waals surface area (Å²) in [6.45, 7) is 2.13. The summed E-state index contributed by atoms with van der Waals surface area (Å²) in [7, 11) is 0. The predicted molar refractivity (Wildman–Crippen MR) is 74.3 cm³/mol. The number of benzene rings is 1. The van der Waals surface area contributed by atoms with Crippen LogP contribution in [-0.2, 0) is 6.42 Å². The van der Waals surface area contributed by atoms with Crippen molar-refractivity contribution in [1.29, 1.82) is 0 Å². The summed E-state index contributed by atoms with van der Waals surface area (Å²) in [4.78, 5) is 0. The first-order chi connectivity index (χ1) is 7.67. The van der Waals surface area contributed by atoms with Gasteiger partial charge in [0.25, 0.3) is 0 Å². The van der Waals surface area contributed by atoms with Gasteiger partial charge in [0.2, 0.25) is 0 Å². The van der Waals surface area contributed by atoms with Crippen molar-refractivity contribution in [3.8, 4) is 0 Å². The van der Waals surface area contributed by atoms with Gasteiger partial charge >= 0.3 is 0 Å². The van der Waals surface area contributed by atoms with Crippen LogP contribution in [0.15, 0.2) is 18.2 Å². The van der Waals surface area contributed by atoms with E-state index in [1.54, 1.807) is 6.07 Å². The molecule has 0 aromatic heterocycles. The zero-order valence-corrected chi connectivity index (χ0v) is 11.5. The van der Waals surface area contributed by atoms with E-state index in [2.05, 4.69) is 12.3 Å². The normalized spacial score (nSPS) is 12.8. The van der Waals surface area contributed by atoms with E-state index in [0.717, 1.165) is 28.5 Å². The maximum absolute atomic E-state index is 6.10. The van der Waals surface area contributed by atoms with E-state index in [4.69, 9.17) is 29.0 Å². The van der Waals surface area contributed by atoms with Gasteiger partial charge in [0.05, 0.1) is 0 Å². The Labute approximate surface area is 111 Å². The Hall–Kier alpha value is 0.0700. The Balaban J connectivity index is 2.65. The van der Waals surface area contributed by atoms with Crippen molar-refractivity contribution in [3.63, 3.8) is 0 Å². The number of hydrogen-bond acceptors (Lipinski definition) is 3. The molecular weight excluding hydrogens is 263 g/mol. The maximum Gasteiger partial charge on any atom is 0.0439 e. The summed E-state index contributed by atoms with van der Waals surface area (Å²) < 4.78 is 0. The van der Waals surface area contributed by atoms with Gasteiger partial charge < -0.3 is 0 Å². The third-order valence-electron chi connectivity index (χ3n) is 2.23. The fourth-order valence-electron chi connectivity index (χ4n) is 1.39. The first kappa shape index (κ1) is 14.1. The predicted octanol–water partition coefficient (Wildman–Crippen LogP) is 3.12. The van der Waals surface area contributed by atoms with Crippen LogP contribution in [0.4, 0.5) is 0 Å². The topological polar surface area (TPSA) is 38.0 Å². The average molecular weight is 279 g/mol. The van der Waals surface area contributed by atoms with Gasteiger partial charge in [0.1, 0.15) is 0 Å². The monoisotopic (exact) mass is 278 g/mol. The van der Waals surface area contributed by atoms with E-state index < -0.39 is 0 Å². The van der Waals surface area contributed by atoms with Crippen LogP contribution >= 0.6 is 35.0 Å². The summed E-state index contributed by atoms with van der Waals surface area (Å²) >= 11 is 13.9. The van der Waals surface area contributed by atoms with Gasteiger partial charge in [-0.05, 0) is 35.9 Å². The summed E-state index contributed by atoms with van der Waals surface area (Å²) in [5.41, 5.74) is 3.85. The summed E-state index contributed by atoms with van der Waals surface area (Å²) in [5.74, 6) is 7.56. The van der Waals surface area contributed by atoms with E-state index in [0.29, 0.717) is 5.02 Å². The van der Waals surface area contributed by atoms with E-state index in [1.807, 2.05) is 23.9 Å². The minimum atomic E-state index is 0.223. The van der Waals surface area contributed by atoms with Crippen molar-refractivity contribution in [2.75, 3.05) is 11.5 Å². The fourth-order valence-corrected chi connectivity index (χ4v) is 2.51. The quantitative estimate of drug-likeness (QED) is 0.620. The molecule has 90 valence electrons. The Morgan fingerprint density at radius 2 is 2.19 bits per heavy atom. The van der Waals surface area contributed by atoms with Crippen molar-refractivity contribution in [1.82, 2.24) is 5.43 Å². The Morgan fingerprint density at radius 1 is 1.44 bits per heavy atom. The van der Waals surface area contributed by atoms with Gasteiger partial charge in [-0.15, -0.1) is 0 Å². The second-order valence-electron chi connectivity index (χ2n) is 3.46. The molecule has 0 radical (unpaired) electrons. The molecule has 0 spiro atoms. The molecule has 0 aliphatic rings. The van der Waals surface area contributed by atoms with Crippen LogP contribution in [0.1, 0.15) is 12.5 Å². The lowest BCUT2D eigenvalue weighted by Crippen LogP contribution is -2.38. The molecule has 3 N–H and O–H groups in total. The lowest BCUT2D eigenvalue weighted by molar-refractivity contribution is 0.575. The molecule has 0 saturated heterocycles. The highest BCUT2D eigenvalue weighted by Gasteiger charge is 2.10. The molecule has 0 aliphatic heterocycles. The average Bonchev–Trinajstić information content (AvgIpc) is 2.28. The second-order valence-corrected chi connectivity index (χ2v) is 5.63. The van der Waals surface area contributed by atoms with Crippen LogP contribution < -0.4 is 11.3 Å². The zero-order chi connectivity index (χ0) is 12.0. The molecule has 2 nitrogen and oxygen atoms in total. The maximum atomic E-state index is 6.10. The molecule has 1 atom stereocenters. The van der Waals surface area contributed by atoms with Crippen LogP contribution in [0.5, 0.6) is 0 Å².